The van der Waals surface area contributed by atoms with Crippen LogP contribution >= 0.6 is 0 Å². The summed E-state index contributed by atoms with van der Waals surface area (Å²) in [7, 11) is 2.19. The standard InChI is InChI=1S/C11H22N2/c1-9(10-5-3-4-6-10)12-11-7-13(2)8-11/h9-12H,3-8H2,1-2H3. The van der Waals surface area contributed by atoms with Crippen molar-refractivity contribution >= 4 is 0 Å². The molecule has 1 aliphatic carbocycles. The lowest BCUT2D eigenvalue weighted by Gasteiger charge is -2.39. The molecular weight excluding hydrogens is 160 g/mol. The molecule has 0 aromatic rings. The summed E-state index contributed by atoms with van der Waals surface area (Å²) in [5.41, 5.74) is 0. The molecule has 13 heavy (non-hydrogen) atoms. The summed E-state index contributed by atoms with van der Waals surface area (Å²) < 4.78 is 0. The van der Waals surface area contributed by atoms with E-state index in [1.165, 1.54) is 38.8 Å². The quantitative estimate of drug-likeness (QED) is 0.711. The zero-order chi connectivity index (χ0) is 9.26. The highest BCUT2D eigenvalue weighted by atomic mass is 15.2. The van der Waals surface area contributed by atoms with E-state index in [0.29, 0.717) is 0 Å². The Kier molecular flexibility index (Phi) is 2.89. The first kappa shape index (κ1) is 9.47. The van der Waals surface area contributed by atoms with Crippen LogP contribution in [0.15, 0.2) is 0 Å². The van der Waals surface area contributed by atoms with Crippen molar-refractivity contribution in [2.45, 2.75) is 44.7 Å². The van der Waals surface area contributed by atoms with Gasteiger partial charge in [-0.2, -0.15) is 0 Å². The number of hydrogen-bond acceptors (Lipinski definition) is 2. The van der Waals surface area contributed by atoms with Crippen molar-refractivity contribution in [1.82, 2.24) is 10.2 Å². The van der Waals surface area contributed by atoms with E-state index < -0.39 is 0 Å². The summed E-state index contributed by atoms with van der Waals surface area (Å²) in [6.07, 6.45) is 5.83. The minimum atomic E-state index is 0.751. The predicted octanol–water partition coefficient (Wildman–Crippen LogP) is 1.47. The first-order valence-electron chi connectivity index (χ1n) is 5.70. The maximum atomic E-state index is 3.75. The van der Waals surface area contributed by atoms with E-state index in [4.69, 9.17) is 0 Å². The van der Waals surface area contributed by atoms with Crippen LogP contribution in [0.1, 0.15) is 32.6 Å². The molecule has 2 rings (SSSR count). The molecule has 2 nitrogen and oxygen atoms in total. The van der Waals surface area contributed by atoms with Crippen LogP contribution in [-0.4, -0.2) is 37.1 Å². The fourth-order valence-electron chi connectivity index (χ4n) is 2.77. The summed E-state index contributed by atoms with van der Waals surface area (Å²) in [6, 6.07) is 1.53. The molecule has 0 amide bonds. The zero-order valence-electron chi connectivity index (χ0n) is 8.92. The van der Waals surface area contributed by atoms with Crippen molar-refractivity contribution in [3.8, 4) is 0 Å². The minimum absolute atomic E-state index is 0.751. The van der Waals surface area contributed by atoms with E-state index in [9.17, 15) is 0 Å². The molecule has 1 saturated carbocycles. The average molecular weight is 182 g/mol. The molecule has 1 atom stereocenters. The van der Waals surface area contributed by atoms with Crippen molar-refractivity contribution < 1.29 is 0 Å². The fourth-order valence-corrected chi connectivity index (χ4v) is 2.77. The van der Waals surface area contributed by atoms with Gasteiger partial charge in [0, 0.05) is 25.2 Å². The lowest BCUT2D eigenvalue weighted by Crippen LogP contribution is -2.58. The van der Waals surface area contributed by atoms with Crippen LogP contribution in [0.4, 0.5) is 0 Å². The van der Waals surface area contributed by atoms with Crippen molar-refractivity contribution in [1.29, 1.82) is 0 Å². The first-order chi connectivity index (χ1) is 6.25. The van der Waals surface area contributed by atoms with Gasteiger partial charge in [-0.1, -0.05) is 12.8 Å². The number of likely N-dealkylation sites (tertiary alicyclic amines) is 1. The van der Waals surface area contributed by atoms with Crippen molar-refractivity contribution in [3.63, 3.8) is 0 Å². The Morgan fingerprint density at radius 1 is 1.23 bits per heavy atom. The Morgan fingerprint density at radius 3 is 2.38 bits per heavy atom. The summed E-state index contributed by atoms with van der Waals surface area (Å²) in [4.78, 5) is 2.37. The maximum Gasteiger partial charge on any atom is 0.0324 e. The molecular formula is C11H22N2. The van der Waals surface area contributed by atoms with E-state index in [2.05, 4.69) is 24.2 Å². The number of likely N-dealkylation sites (N-methyl/N-ethyl adjacent to an activating group) is 1. The van der Waals surface area contributed by atoms with Crippen LogP contribution < -0.4 is 5.32 Å². The van der Waals surface area contributed by atoms with E-state index in [1.807, 2.05) is 0 Å². The second-order valence-corrected chi connectivity index (χ2v) is 4.92. The van der Waals surface area contributed by atoms with Crippen molar-refractivity contribution in [2.75, 3.05) is 20.1 Å². The van der Waals surface area contributed by atoms with E-state index >= 15 is 0 Å². The van der Waals surface area contributed by atoms with Gasteiger partial charge in [-0.25, -0.2) is 0 Å². The third-order valence-electron chi connectivity index (χ3n) is 3.67. The van der Waals surface area contributed by atoms with Crippen LogP contribution in [0, 0.1) is 5.92 Å². The van der Waals surface area contributed by atoms with E-state index in [1.54, 1.807) is 0 Å². The third-order valence-corrected chi connectivity index (χ3v) is 3.67. The molecule has 2 aliphatic rings. The second-order valence-electron chi connectivity index (χ2n) is 4.92. The van der Waals surface area contributed by atoms with Crippen LogP contribution in [0.5, 0.6) is 0 Å². The smallest absolute Gasteiger partial charge is 0.0324 e. The topological polar surface area (TPSA) is 15.3 Å². The summed E-state index contributed by atoms with van der Waals surface area (Å²) in [6.45, 7) is 4.86. The second kappa shape index (κ2) is 3.97. The Morgan fingerprint density at radius 2 is 1.85 bits per heavy atom. The monoisotopic (exact) mass is 182 g/mol. The lowest BCUT2D eigenvalue weighted by atomic mass is 9.98. The fraction of sp³-hybridized carbons (Fsp3) is 1.00. The van der Waals surface area contributed by atoms with Crippen molar-refractivity contribution in [3.05, 3.63) is 0 Å². The van der Waals surface area contributed by atoms with Crippen LogP contribution in [0.2, 0.25) is 0 Å². The molecule has 2 fully saturated rings. The van der Waals surface area contributed by atoms with Crippen LogP contribution in [-0.2, 0) is 0 Å². The Labute approximate surface area is 81.7 Å². The molecule has 1 N–H and O–H groups in total. The van der Waals surface area contributed by atoms with Gasteiger partial charge in [-0.05, 0) is 32.7 Å². The molecule has 2 heteroatoms. The summed E-state index contributed by atoms with van der Waals surface area (Å²) >= 11 is 0. The van der Waals surface area contributed by atoms with Gasteiger partial charge in [0.2, 0.25) is 0 Å². The molecule has 0 radical (unpaired) electrons. The molecule has 0 aromatic carbocycles. The van der Waals surface area contributed by atoms with E-state index in [-0.39, 0.29) is 0 Å². The van der Waals surface area contributed by atoms with Crippen LogP contribution in [0.25, 0.3) is 0 Å². The molecule has 1 unspecified atom stereocenters. The molecule has 0 bridgehead atoms. The first-order valence-corrected chi connectivity index (χ1v) is 5.70. The molecule has 76 valence electrons. The van der Waals surface area contributed by atoms with Crippen molar-refractivity contribution in [2.24, 2.45) is 5.92 Å². The Bertz CT molecular complexity index is 157. The average Bonchev–Trinajstić information content (AvgIpc) is 2.53. The normalized spacial score (nSPS) is 29.1. The number of nitrogens with one attached hydrogen (secondary N) is 1. The van der Waals surface area contributed by atoms with Crippen LogP contribution in [0.3, 0.4) is 0 Å². The maximum absolute atomic E-state index is 3.75. The van der Waals surface area contributed by atoms with Gasteiger partial charge in [0.15, 0.2) is 0 Å². The van der Waals surface area contributed by atoms with Gasteiger partial charge < -0.3 is 10.2 Å². The van der Waals surface area contributed by atoms with Gasteiger partial charge in [0.05, 0.1) is 0 Å². The largest absolute Gasteiger partial charge is 0.309 e. The molecule has 1 heterocycles. The lowest BCUT2D eigenvalue weighted by molar-refractivity contribution is 0.143. The molecule has 1 aliphatic heterocycles. The molecule has 0 aromatic heterocycles. The number of nitrogens with zero attached hydrogens (tertiary/aromatic N) is 1. The number of hydrogen-bond donors (Lipinski definition) is 1. The third kappa shape index (κ3) is 2.23. The molecule has 0 spiro atoms. The Balaban J connectivity index is 1.68. The predicted molar refractivity (Wildman–Crippen MR) is 55.8 cm³/mol. The highest BCUT2D eigenvalue weighted by Gasteiger charge is 2.28. The molecule has 1 saturated heterocycles. The Hall–Kier alpha value is -0.0800. The minimum Gasteiger partial charge on any atom is -0.309 e. The van der Waals surface area contributed by atoms with Gasteiger partial charge >= 0.3 is 0 Å². The van der Waals surface area contributed by atoms with Gasteiger partial charge in [-0.15, -0.1) is 0 Å². The highest BCUT2D eigenvalue weighted by molar-refractivity contribution is 4.88. The number of rotatable bonds is 3. The van der Waals surface area contributed by atoms with Gasteiger partial charge in [0.25, 0.3) is 0 Å². The van der Waals surface area contributed by atoms with E-state index in [0.717, 1.165) is 18.0 Å². The summed E-state index contributed by atoms with van der Waals surface area (Å²) in [5.74, 6) is 0.964. The van der Waals surface area contributed by atoms with Gasteiger partial charge in [0.1, 0.15) is 0 Å². The zero-order valence-corrected chi connectivity index (χ0v) is 8.92. The highest BCUT2D eigenvalue weighted by Crippen LogP contribution is 2.28. The summed E-state index contributed by atoms with van der Waals surface area (Å²) in [5, 5.41) is 3.75. The SMILES string of the molecule is CC(NC1CN(C)C1)C1CCCC1. The van der Waals surface area contributed by atoms with Gasteiger partial charge in [-0.3, -0.25) is 0 Å².